The fraction of sp³-hybridized carbons (Fsp3) is 0.500. The van der Waals surface area contributed by atoms with Gasteiger partial charge in [0.25, 0.3) is 9.05 Å². The molecule has 0 N–H and O–H groups in total. The first kappa shape index (κ1) is 18.0. The number of hydrogen-bond acceptors (Lipinski definition) is 4. The molecule has 0 bridgehead atoms. The zero-order valence-electron chi connectivity index (χ0n) is 11.2. The van der Waals surface area contributed by atoms with Gasteiger partial charge >= 0.3 is 0 Å². The topological polar surface area (TPSA) is 46.6 Å². The molecule has 0 aliphatic rings. The minimum Gasteiger partial charge on any atom is -0.489 e. The molecular weight excluding hydrogens is 389 g/mol. The number of hydrogen-bond donors (Lipinski definition) is 0. The van der Waals surface area contributed by atoms with Gasteiger partial charge in [-0.1, -0.05) is 41.4 Å². The monoisotopic (exact) mass is 403 g/mol. The lowest BCUT2D eigenvalue weighted by atomic mass is 10.3. The molecule has 8 heteroatoms. The van der Waals surface area contributed by atoms with E-state index in [0.717, 1.165) is 13.1 Å². The molecule has 4 nitrogen and oxygen atoms in total. The second kappa shape index (κ2) is 7.84. The maximum atomic E-state index is 11.6. The summed E-state index contributed by atoms with van der Waals surface area (Å²) in [4.78, 5) is 2.03. The van der Waals surface area contributed by atoms with Crippen LogP contribution in [0.4, 0.5) is 0 Å². The van der Waals surface area contributed by atoms with Crippen molar-refractivity contribution in [3.63, 3.8) is 0 Å². The van der Waals surface area contributed by atoms with Crippen LogP contribution in [0.15, 0.2) is 21.5 Å². The highest BCUT2D eigenvalue weighted by molar-refractivity contribution is 9.10. The number of nitrogens with zero attached hydrogens (tertiary/aromatic N) is 1. The summed E-state index contributed by atoms with van der Waals surface area (Å²) >= 11 is 9.21. The van der Waals surface area contributed by atoms with Crippen molar-refractivity contribution in [1.29, 1.82) is 0 Å². The third-order valence-electron chi connectivity index (χ3n) is 2.79. The van der Waals surface area contributed by atoms with Crippen molar-refractivity contribution in [1.82, 2.24) is 4.90 Å². The summed E-state index contributed by atoms with van der Waals surface area (Å²) in [5.41, 5.74) is 0. The van der Waals surface area contributed by atoms with Crippen molar-refractivity contribution in [2.45, 2.75) is 18.7 Å². The van der Waals surface area contributed by atoms with Crippen molar-refractivity contribution in [3.05, 3.63) is 21.6 Å². The van der Waals surface area contributed by atoms with Crippen LogP contribution in [0.3, 0.4) is 0 Å². The molecule has 0 saturated carbocycles. The molecule has 20 heavy (non-hydrogen) atoms. The van der Waals surface area contributed by atoms with Crippen LogP contribution >= 0.6 is 38.2 Å². The Morgan fingerprint density at radius 2 is 1.90 bits per heavy atom. The second-order valence-electron chi connectivity index (χ2n) is 4.03. The summed E-state index contributed by atoms with van der Waals surface area (Å²) in [6.45, 7) is 6.91. The van der Waals surface area contributed by atoms with Gasteiger partial charge in [-0.2, -0.15) is 0 Å². The molecule has 0 radical (unpaired) electrons. The lowest BCUT2D eigenvalue weighted by Gasteiger charge is -2.19. The molecule has 1 rings (SSSR count). The lowest BCUT2D eigenvalue weighted by Crippen LogP contribution is -2.28. The summed E-state index contributed by atoms with van der Waals surface area (Å²) < 4.78 is 29.2. The highest BCUT2D eigenvalue weighted by Crippen LogP contribution is 2.37. The maximum Gasteiger partial charge on any atom is 0.265 e. The Morgan fingerprint density at radius 1 is 1.30 bits per heavy atom. The molecule has 0 amide bonds. The van der Waals surface area contributed by atoms with Crippen molar-refractivity contribution in [2.75, 3.05) is 26.2 Å². The van der Waals surface area contributed by atoms with Gasteiger partial charge in [-0.3, -0.25) is 0 Å². The van der Waals surface area contributed by atoms with Crippen LogP contribution in [0.1, 0.15) is 13.8 Å². The molecular formula is C12H16BrCl2NO3S. The minimum absolute atomic E-state index is 0.0945. The first-order valence-electron chi connectivity index (χ1n) is 6.08. The Labute approximate surface area is 137 Å². The van der Waals surface area contributed by atoms with E-state index in [1.54, 1.807) is 6.07 Å². The number of ether oxygens (including phenoxy) is 1. The largest absolute Gasteiger partial charge is 0.489 e. The van der Waals surface area contributed by atoms with E-state index in [2.05, 4.69) is 20.8 Å². The molecule has 0 aliphatic carbocycles. The summed E-state index contributed by atoms with van der Waals surface area (Å²) in [5, 5.41) is 0.207. The second-order valence-corrected chi connectivity index (χ2v) is 7.89. The predicted molar refractivity (Wildman–Crippen MR) is 85.5 cm³/mol. The predicted octanol–water partition coefficient (Wildman–Crippen LogP) is 3.75. The van der Waals surface area contributed by atoms with Crippen LogP contribution in [0.25, 0.3) is 0 Å². The number of halogens is 3. The molecule has 0 aromatic heterocycles. The van der Waals surface area contributed by atoms with E-state index in [0.29, 0.717) is 17.6 Å². The average Bonchev–Trinajstić information content (AvgIpc) is 2.35. The van der Waals surface area contributed by atoms with Gasteiger partial charge in [-0.05, 0) is 25.2 Å². The standard InChI is InChI=1S/C12H16BrCl2NO3S/c1-3-16(4-2)5-6-19-12-10(14)7-9(13)8-11(12)20(15,17)18/h7-8H,3-6H2,1-2H3. The van der Waals surface area contributed by atoms with Gasteiger partial charge in [0, 0.05) is 21.7 Å². The summed E-state index contributed by atoms with van der Waals surface area (Å²) in [7, 11) is 1.48. The SMILES string of the molecule is CCN(CC)CCOc1c(Cl)cc(Br)cc1S(=O)(=O)Cl. The first-order chi connectivity index (χ1) is 9.29. The van der Waals surface area contributed by atoms with Crippen LogP contribution in [-0.2, 0) is 9.05 Å². The van der Waals surface area contributed by atoms with Gasteiger partial charge in [-0.25, -0.2) is 8.42 Å². The van der Waals surface area contributed by atoms with Gasteiger partial charge in [0.15, 0.2) is 5.75 Å². The average molecular weight is 405 g/mol. The van der Waals surface area contributed by atoms with Gasteiger partial charge < -0.3 is 9.64 Å². The number of benzene rings is 1. The van der Waals surface area contributed by atoms with E-state index in [1.807, 2.05) is 13.8 Å². The molecule has 0 saturated heterocycles. The Kier molecular flexibility index (Phi) is 7.08. The van der Waals surface area contributed by atoms with Crippen LogP contribution in [0.2, 0.25) is 5.02 Å². The van der Waals surface area contributed by atoms with Crippen molar-refractivity contribution < 1.29 is 13.2 Å². The number of rotatable bonds is 7. The summed E-state index contributed by atoms with van der Waals surface area (Å²) in [6.07, 6.45) is 0. The third kappa shape index (κ3) is 5.07. The molecule has 0 atom stereocenters. The number of likely N-dealkylation sites (N-methyl/N-ethyl adjacent to an activating group) is 1. The highest BCUT2D eigenvalue weighted by atomic mass is 79.9. The van der Waals surface area contributed by atoms with Crippen LogP contribution < -0.4 is 4.74 Å². The maximum absolute atomic E-state index is 11.6. The Bertz CT molecular complexity index is 562. The minimum atomic E-state index is -3.92. The van der Waals surface area contributed by atoms with Gasteiger partial charge in [0.2, 0.25) is 0 Å². The molecule has 1 aromatic rings. The smallest absolute Gasteiger partial charge is 0.265 e. The highest BCUT2D eigenvalue weighted by Gasteiger charge is 2.21. The lowest BCUT2D eigenvalue weighted by molar-refractivity contribution is 0.220. The Balaban J connectivity index is 2.95. The van der Waals surface area contributed by atoms with Gasteiger partial charge in [0.1, 0.15) is 11.5 Å². The zero-order chi connectivity index (χ0) is 15.3. The zero-order valence-corrected chi connectivity index (χ0v) is 15.1. The van der Waals surface area contributed by atoms with Gasteiger partial charge in [0.05, 0.1) is 5.02 Å². The summed E-state index contributed by atoms with van der Waals surface area (Å²) in [6, 6.07) is 2.95. The fourth-order valence-corrected chi connectivity index (χ4v) is 3.75. The first-order valence-corrected chi connectivity index (χ1v) is 9.56. The van der Waals surface area contributed by atoms with Crippen molar-refractivity contribution >= 4 is 47.3 Å². The summed E-state index contributed by atoms with van der Waals surface area (Å²) in [5.74, 6) is 0.0945. The van der Waals surface area contributed by atoms with E-state index in [-0.39, 0.29) is 15.7 Å². The fourth-order valence-electron chi connectivity index (χ4n) is 1.67. The van der Waals surface area contributed by atoms with Crippen molar-refractivity contribution in [2.24, 2.45) is 0 Å². The Hall–Kier alpha value is -0.0100. The van der Waals surface area contributed by atoms with Crippen molar-refractivity contribution in [3.8, 4) is 5.75 Å². The van der Waals surface area contributed by atoms with E-state index in [9.17, 15) is 8.42 Å². The normalized spacial score (nSPS) is 11.9. The molecule has 0 heterocycles. The van der Waals surface area contributed by atoms with E-state index < -0.39 is 9.05 Å². The molecule has 0 spiro atoms. The molecule has 0 fully saturated rings. The Morgan fingerprint density at radius 3 is 2.40 bits per heavy atom. The molecule has 1 aromatic carbocycles. The van der Waals surface area contributed by atoms with E-state index >= 15 is 0 Å². The van der Waals surface area contributed by atoms with Crippen LogP contribution in [0.5, 0.6) is 5.75 Å². The van der Waals surface area contributed by atoms with E-state index in [4.69, 9.17) is 27.0 Å². The molecule has 0 aliphatic heterocycles. The van der Waals surface area contributed by atoms with E-state index in [1.165, 1.54) is 6.07 Å². The van der Waals surface area contributed by atoms with Gasteiger partial charge in [-0.15, -0.1) is 0 Å². The van der Waals surface area contributed by atoms with Crippen LogP contribution in [0, 0.1) is 0 Å². The quantitative estimate of drug-likeness (QED) is 0.649. The molecule has 114 valence electrons. The molecule has 0 unspecified atom stereocenters. The third-order valence-corrected chi connectivity index (χ3v) is 4.85. The van der Waals surface area contributed by atoms with Crippen LogP contribution in [-0.4, -0.2) is 39.6 Å².